The maximum Gasteiger partial charge on any atom is 0.188 e. The normalized spacial score (nSPS) is 15.3. The van der Waals surface area contributed by atoms with E-state index < -0.39 is 0 Å². The Kier molecular flexibility index (Phi) is 11.5. The van der Waals surface area contributed by atoms with Gasteiger partial charge in [-0.05, 0) is 62.4 Å². The summed E-state index contributed by atoms with van der Waals surface area (Å²) in [6, 6.07) is 5.96. The number of aliphatic imine (C=N–C) groups is 1. The Labute approximate surface area is 212 Å². The van der Waals surface area contributed by atoms with Crippen LogP contribution in [0.4, 0.5) is 0 Å². The molecular formula is C23H36IN5O2S. The van der Waals surface area contributed by atoms with E-state index in [1.54, 1.807) is 25.6 Å². The molecule has 0 aliphatic carbocycles. The van der Waals surface area contributed by atoms with E-state index in [9.17, 15) is 0 Å². The van der Waals surface area contributed by atoms with Gasteiger partial charge in [0.25, 0.3) is 0 Å². The van der Waals surface area contributed by atoms with Crippen LogP contribution in [0.1, 0.15) is 36.0 Å². The second-order valence-electron chi connectivity index (χ2n) is 7.90. The van der Waals surface area contributed by atoms with Crippen LogP contribution in [0.5, 0.6) is 11.5 Å². The molecule has 2 aromatic rings. The lowest BCUT2D eigenvalue weighted by atomic mass is 9.97. The van der Waals surface area contributed by atoms with Gasteiger partial charge in [0, 0.05) is 25.0 Å². The maximum atomic E-state index is 6.08. The topological polar surface area (TPSA) is 85.0 Å². The fourth-order valence-corrected chi connectivity index (χ4v) is 4.53. The molecule has 0 atom stereocenters. The molecule has 3 rings (SSSR count). The highest BCUT2D eigenvalue weighted by Crippen LogP contribution is 2.27. The van der Waals surface area contributed by atoms with E-state index in [-0.39, 0.29) is 24.0 Å². The number of likely N-dealkylation sites (tertiary alicyclic amines) is 1. The third kappa shape index (κ3) is 8.08. The molecule has 0 unspecified atom stereocenters. The van der Waals surface area contributed by atoms with E-state index in [1.807, 2.05) is 18.2 Å². The minimum Gasteiger partial charge on any atom is -0.493 e. The zero-order chi connectivity index (χ0) is 22.1. The lowest BCUT2D eigenvalue weighted by Gasteiger charge is -2.30. The predicted molar refractivity (Wildman–Crippen MR) is 143 cm³/mol. The number of aromatic nitrogens is 1. The van der Waals surface area contributed by atoms with E-state index in [2.05, 4.69) is 32.5 Å². The number of nitrogens with two attached hydrogens (primary N) is 1. The fraction of sp³-hybridized carbons (Fsp3) is 0.565. The number of piperidine rings is 1. The maximum absolute atomic E-state index is 6.08. The number of nitrogens with zero attached hydrogens (tertiary/aromatic N) is 3. The molecule has 3 N–H and O–H groups in total. The number of hydrogen-bond donors (Lipinski definition) is 2. The summed E-state index contributed by atoms with van der Waals surface area (Å²) < 4.78 is 10.6. The van der Waals surface area contributed by atoms with E-state index in [4.69, 9.17) is 15.2 Å². The summed E-state index contributed by atoms with van der Waals surface area (Å²) in [5.41, 5.74) is 8.45. The van der Waals surface area contributed by atoms with Gasteiger partial charge in [0.15, 0.2) is 17.5 Å². The molecule has 9 heteroatoms. The van der Waals surface area contributed by atoms with Crippen molar-refractivity contribution in [2.24, 2.45) is 16.6 Å². The largest absolute Gasteiger partial charge is 0.493 e. The van der Waals surface area contributed by atoms with Crippen LogP contribution in [0, 0.1) is 5.92 Å². The summed E-state index contributed by atoms with van der Waals surface area (Å²) in [5.74, 6) is 2.61. The van der Waals surface area contributed by atoms with Crippen LogP contribution in [-0.2, 0) is 19.4 Å². The van der Waals surface area contributed by atoms with Crippen molar-refractivity contribution >= 4 is 41.3 Å². The molecule has 1 aromatic heterocycles. The Bertz CT molecular complexity index is 853. The van der Waals surface area contributed by atoms with E-state index >= 15 is 0 Å². The number of rotatable bonds is 10. The zero-order valence-corrected chi connectivity index (χ0v) is 22.4. The van der Waals surface area contributed by atoms with Gasteiger partial charge in [-0.25, -0.2) is 4.98 Å². The summed E-state index contributed by atoms with van der Waals surface area (Å²) >= 11 is 1.77. The molecule has 0 radical (unpaired) electrons. The number of ether oxygens (including phenoxy) is 2. The summed E-state index contributed by atoms with van der Waals surface area (Å²) in [4.78, 5) is 11.8. The first-order valence-corrected chi connectivity index (χ1v) is 11.9. The summed E-state index contributed by atoms with van der Waals surface area (Å²) in [6.07, 6.45) is 4.18. The second-order valence-corrected chi connectivity index (χ2v) is 8.84. The molecular weight excluding hydrogens is 537 g/mol. The van der Waals surface area contributed by atoms with Crippen LogP contribution in [0.25, 0.3) is 0 Å². The van der Waals surface area contributed by atoms with E-state index in [0.717, 1.165) is 75.5 Å². The van der Waals surface area contributed by atoms with Gasteiger partial charge in [-0.15, -0.1) is 35.3 Å². The summed E-state index contributed by atoms with van der Waals surface area (Å²) in [5, 5.41) is 6.65. The third-order valence-electron chi connectivity index (χ3n) is 5.68. The number of thiazole rings is 1. The highest BCUT2D eigenvalue weighted by atomic mass is 127. The molecule has 7 nitrogen and oxygen atoms in total. The Morgan fingerprint density at radius 2 is 2.00 bits per heavy atom. The number of nitrogens with one attached hydrogen (secondary N) is 1. The molecule has 0 saturated carbocycles. The van der Waals surface area contributed by atoms with Gasteiger partial charge in [0.1, 0.15) is 0 Å². The van der Waals surface area contributed by atoms with E-state index in [1.165, 1.54) is 10.7 Å². The first-order chi connectivity index (χ1) is 15.1. The highest BCUT2D eigenvalue weighted by Gasteiger charge is 2.19. The average molecular weight is 574 g/mol. The van der Waals surface area contributed by atoms with Gasteiger partial charge in [-0.1, -0.05) is 13.0 Å². The van der Waals surface area contributed by atoms with Crippen molar-refractivity contribution < 1.29 is 9.47 Å². The molecule has 1 saturated heterocycles. The first-order valence-electron chi connectivity index (χ1n) is 11.0. The number of guanidine groups is 1. The fourth-order valence-electron chi connectivity index (χ4n) is 3.79. The number of methoxy groups -OCH3 is 2. The molecule has 178 valence electrons. The van der Waals surface area contributed by atoms with Crippen molar-refractivity contribution in [3.05, 3.63) is 39.8 Å². The van der Waals surface area contributed by atoms with Gasteiger partial charge in [0.05, 0.1) is 24.9 Å². The number of halogens is 1. The van der Waals surface area contributed by atoms with Crippen LogP contribution in [0.15, 0.2) is 28.6 Å². The Balaban J connectivity index is 0.00000363. The predicted octanol–water partition coefficient (Wildman–Crippen LogP) is 3.70. The number of hydrogen-bond acceptors (Lipinski definition) is 6. The molecule has 0 spiro atoms. The first kappa shape index (κ1) is 26.7. The van der Waals surface area contributed by atoms with Crippen molar-refractivity contribution in [2.75, 3.05) is 40.4 Å². The van der Waals surface area contributed by atoms with Gasteiger partial charge in [-0.3, -0.25) is 9.89 Å². The zero-order valence-electron chi connectivity index (χ0n) is 19.3. The molecule has 1 aliphatic rings. The molecule has 1 aromatic carbocycles. The molecule has 1 aliphatic heterocycles. The van der Waals surface area contributed by atoms with Crippen LogP contribution in [0.3, 0.4) is 0 Å². The minimum atomic E-state index is 0. The van der Waals surface area contributed by atoms with Gasteiger partial charge < -0.3 is 20.5 Å². The van der Waals surface area contributed by atoms with Crippen molar-refractivity contribution in [3.8, 4) is 11.5 Å². The molecule has 2 heterocycles. The van der Waals surface area contributed by atoms with Gasteiger partial charge in [0.2, 0.25) is 0 Å². The standard InChI is InChI=1S/C23H35N5O2S.HI/c1-4-22-27-19(16-31-22)15-28-11-8-18(9-12-28)14-26-23(24)25-10-7-17-5-6-20(29-2)21(13-17)30-3;/h5-6,13,16,18H,4,7-12,14-15H2,1-3H3,(H3,24,25,26);1H. The minimum absolute atomic E-state index is 0. The lowest BCUT2D eigenvalue weighted by Crippen LogP contribution is -2.36. The summed E-state index contributed by atoms with van der Waals surface area (Å²) in [7, 11) is 3.29. The van der Waals surface area contributed by atoms with E-state index in [0.29, 0.717) is 11.9 Å². The number of aryl methyl sites for hydroxylation is 1. The third-order valence-corrected chi connectivity index (χ3v) is 6.72. The SMILES string of the molecule is CCc1nc(CN2CCC(CN=C(N)NCCc3ccc(OC)c(OC)c3)CC2)cs1.I. The van der Waals surface area contributed by atoms with Gasteiger partial charge >= 0.3 is 0 Å². The van der Waals surface area contributed by atoms with Crippen LogP contribution < -0.4 is 20.5 Å². The van der Waals surface area contributed by atoms with Crippen LogP contribution in [0.2, 0.25) is 0 Å². The smallest absolute Gasteiger partial charge is 0.188 e. The Morgan fingerprint density at radius 3 is 2.66 bits per heavy atom. The van der Waals surface area contributed by atoms with Crippen LogP contribution >= 0.6 is 35.3 Å². The summed E-state index contributed by atoms with van der Waals surface area (Å²) in [6.45, 7) is 6.85. The molecule has 32 heavy (non-hydrogen) atoms. The lowest BCUT2D eigenvalue weighted by molar-refractivity contribution is 0.179. The van der Waals surface area contributed by atoms with Crippen molar-refractivity contribution in [1.82, 2.24) is 15.2 Å². The highest BCUT2D eigenvalue weighted by molar-refractivity contribution is 14.0. The monoisotopic (exact) mass is 573 g/mol. The Morgan fingerprint density at radius 1 is 1.25 bits per heavy atom. The molecule has 0 amide bonds. The Hall–Kier alpha value is -1.59. The van der Waals surface area contributed by atoms with Crippen LogP contribution in [-0.4, -0.2) is 56.2 Å². The second kappa shape index (κ2) is 13.8. The molecule has 0 bridgehead atoms. The quantitative estimate of drug-likeness (QED) is 0.256. The van der Waals surface area contributed by atoms with Crippen molar-refractivity contribution in [2.45, 2.75) is 39.2 Å². The number of benzene rings is 1. The molecule has 1 fully saturated rings. The van der Waals surface area contributed by atoms with Gasteiger partial charge in [-0.2, -0.15) is 0 Å². The van der Waals surface area contributed by atoms with Crippen molar-refractivity contribution in [3.63, 3.8) is 0 Å². The average Bonchev–Trinajstić information content (AvgIpc) is 3.26. The van der Waals surface area contributed by atoms with Crippen molar-refractivity contribution in [1.29, 1.82) is 0 Å².